The van der Waals surface area contributed by atoms with Crippen molar-refractivity contribution in [1.29, 1.82) is 0 Å². The van der Waals surface area contributed by atoms with Gasteiger partial charge in [0.05, 0.1) is 18.5 Å². The van der Waals surface area contributed by atoms with Crippen LogP contribution in [0.3, 0.4) is 0 Å². The molecule has 146 valence electrons. The molecule has 2 heterocycles. The molecule has 1 aliphatic rings. The number of hydrogen-bond acceptors (Lipinski definition) is 5. The second-order valence-electron chi connectivity index (χ2n) is 6.75. The Hall–Kier alpha value is -3.07. The van der Waals surface area contributed by atoms with Crippen LogP contribution in [-0.4, -0.2) is 35.8 Å². The van der Waals surface area contributed by atoms with Gasteiger partial charge in [0.2, 0.25) is 0 Å². The Bertz CT molecular complexity index is 1130. The summed E-state index contributed by atoms with van der Waals surface area (Å²) in [6, 6.07) is 12.4. The number of ether oxygens (including phenoxy) is 1. The van der Waals surface area contributed by atoms with Crippen LogP contribution in [0, 0.1) is 0 Å². The van der Waals surface area contributed by atoms with E-state index in [2.05, 4.69) is 14.6 Å². The largest absolute Gasteiger partial charge is 0.464 e. The first kappa shape index (κ1) is 18.3. The molecular formula is C19H20N4O4S. The van der Waals surface area contributed by atoms with Gasteiger partial charge in [-0.05, 0) is 31.0 Å². The number of aromatic nitrogens is 3. The fourth-order valence-electron chi connectivity index (χ4n) is 3.00. The SMILES string of the molecule is COC(=O)c1cc(S(=O)(=O)Nc2cc(C3CC3)nn2-c2ccccc2)cn1C. The van der Waals surface area contributed by atoms with E-state index in [0.29, 0.717) is 11.7 Å². The third-order valence-electron chi connectivity index (χ3n) is 4.65. The van der Waals surface area contributed by atoms with E-state index < -0.39 is 16.0 Å². The fraction of sp³-hybridized carbons (Fsp3) is 0.263. The predicted octanol–water partition coefficient (Wildman–Crippen LogP) is 2.68. The predicted molar refractivity (Wildman–Crippen MR) is 103 cm³/mol. The molecule has 1 aliphatic carbocycles. The van der Waals surface area contributed by atoms with Crippen molar-refractivity contribution in [2.45, 2.75) is 23.7 Å². The van der Waals surface area contributed by atoms with Gasteiger partial charge in [0, 0.05) is 25.2 Å². The Morgan fingerprint density at radius 2 is 1.93 bits per heavy atom. The highest BCUT2D eigenvalue weighted by Crippen LogP contribution is 2.40. The minimum Gasteiger partial charge on any atom is -0.464 e. The van der Waals surface area contributed by atoms with E-state index in [0.717, 1.165) is 24.2 Å². The third kappa shape index (κ3) is 3.40. The average molecular weight is 400 g/mol. The first-order valence-corrected chi connectivity index (χ1v) is 10.3. The Labute approximate surface area is 162 Å². The number of carbonyl (C=O) groups excluding carboxylic acids is 1. The Kier molecular flexibility index (Phi) is 4.46. The van der Waals surface area contributed by atoms with Gasteiger partial charge in [-0.2, -0.15) is 5.10 Å². The molecule has 28 heavy (non-hydrogen) atoms. The number of hydrogen-bond donors (Lipinski definition) is 1. The van der Waals surface area contributed by atoms with E-state index in [-0.39, 0.29) is 10.6 Å². The maximum absolute atomic E-state index is 12.9. The number of nitrogens with zero attached hydrogens (tertiary/aromatic N) is 3. The van der Waals surface area contributed by atoms with E-state index in [9.17, 15) is 13.2 Å². The number of rotatable bonds is 6. The summed E-state index contributed by atoms with van der Waals surface area (Å²) >= 11 is 0. The summed E-state index contributed by atoms with van der Waals surface area (Å²) in [5.41, 5.74) is 1.78. The van der Waals surface area contributed by atoms with Crippen molar-refractivity contribution >= 4 is 21.8 Å². The normalized spacial score (nSPS) is 14.1. The van der Waals surface area contributed by atoms with E-state index in [1.807, 2.05) is 30.3 Å². The summed E-state index contributed by atoms with van der Waals surface area (Å²) in [6.07, 6.45) is 3.48. The molecule has 1 fully saturated rings. The number of anilines is 1. The van der Waals surface area contributed by atoms with Crippen molar-refractivity contribution in [3.63, 3.8) is 0 Å². The van der Waals surface area contributed by atoms with Gasteiger partial charge in [-0.25, -0.2) is 17.9 Å². The second-order valence-corrected chi connectivity index (χ2v) is 8.43. The lowest BCUT2D eigenvalue weighted by atomic mass is 10.3. The van der Waals surface area contributed by atoms with Gasteiger partial charge in [-0.3, -0.25) is 4.72 Å². The molecule has 2 aromatic heterocycles. The molecule has 0 saturated heterocycles. The van der Waals surface area contributed by atoms with Crippen LogP contribution in [0.15, 0.2) is 53.6 Å². The molecule has 0 atom stereocenters. The van der Waals surface area contributed by atoms with Crippen LogP contribution >= 0.6 is 0 Å². The molecule has 0 radical (unpaired) electrons. The summed E-state index contributed by atoms with van der Waals surface area (Å²) in [4.78, 5) is 11.8. The van der Waals surface area contributed by atoms with Gasteiger partial charge >= 0.3 is 5.97 Å². The molecule has 0 unspecified atom stereocenters. The van der Waals surface area contributed by atoms with Crippen LogP contribution in [0.5, 0.6) is 0 Å². The van der Waals surface area contributed by atoms with Crippen molar-refractivity contribution in [3.05, 3.63) is 60.0 Å². The molecule has 1 N–H and O–H groups in total. The number of aryl methyl sites for hydroxylation is 1. The summed E-state index contributed by atoms with van der Waals surface area (Å²) < 4.78 is 36.2. The molecule has 1 saturated carbocycles. The smallest absolute Gasteiger partial charge is 0.354 e. The lowest BCUT2D eigenvalue weighted by Crippen LogP contribution is -2.15. The molecule has 4 rings (SSSR count). The van der Waals surface area contributed by atoms with Gasteiger partial charge in [0.15, 0.2) is 0 Å². The molecule has 0 amide bonds. The quantitative estimate of drug-likeness (QED) is 0.642. The van der Waals surface area contributed by atoms with Crippen LogP contribution in [0.1, 0.15) is 34.9 Å². The number of esters is 1. The minimum absolute atomic E-state index is 0.0239. The summed E-state index contributed by atoms with van der Waals surface area (Å²) in [5.74, 6) is 0.127. The van der Waals surface area contributed by atoms with Crippen molar-refractivity contribution in [1.82, 2.24) is 14.3 Å². The van der Waals surface area contributed by atoms with Crippen LogP contribution in [0.4, 0.5) is 5.82 Å². The highest BCUT2D eigenvalue weighted by atomic mass is 32.2. The first-order chi connectivity index (χ1) is 13.4. The van der Waals surface area contributed by atoms with E-state index in [1.54, 1.807) is 17.8 Å². The Morgan fingerprint density at radius 1 is 1.21 bits per heavy atom. The van der Waals surface area contributed by atoms with Crippen LogP contribution in [-0.2, 0) is 21.8 Å². The first-order valence-electron chi connectivity index (χ1n) is 8.82. The summed E-state index contributed by atoms with van der Waals surface area (Å²) in [7, 11) is -1.08. The number of sulfonamides is 1. The minimum atomic E-state index is -3.92. The Balaban J connectivity index is 1.71. The summed E-state index contributed by atoms with van der Waals surface area (Å²) in [5, 5.41) is 4.59. The number of carbonyl (C=O) groups is 1. The fourth-order valence-corrected chi connectivity index (χ4v) is 4.10. The highest BCUT2D eigenvalue weighted by Gasteiger charge is 2.29. The molecule has 0 spiro atoms. The molecule has 0 bridgehead atoms. The summed E-state index contributed by atoms with van der Waals surface area (Å²) in [6.45, 7) is 0. The van der Waals surface area contributed by atoms with E-state index >= 15 is 0 Å². The maximum atomic E-state index is 12.9. The van der Waals surface area contributed by atoms with Gasteiger partial charge < -0.3 is 9.30 Å². The standard InChI is InChI=1S/C19H20N4O4S/c1-22-12-15(10-17(22)19(24)27-2)28(25,26)21-18-11-16(13-8-9-13)20-23(18)14-6-4-3-5-7-14/h3-7,10-13,21H,8-9H2,1-2H3. The third-order valence-corrected chi connectivity index (χ3v) is 5.97. The van der Waals surface area contributed by atoms with Crippen molar-refractivity contribution in [2.75, 3.05) is 11.8 Å². The molecule has 1 aromatic carbocycles. The topological polar surface area (TPSA) is 95.2 Å². The van der Waals surface area contributed by atoms with Gasteiger partial charge in [-0.15, -0.1) is 0 Å². The van der Waals surface area contributed by atoms with E-state index in [1.165, 1.54) is 23.9 Å². The van der Waals surface area contributed by atoms with Crippen molar-refractivity contribution in [2.24, 2.45) is 7.05 Å². The molecular weight excluding hydrogens is 380 g/mol. The zero-order valence-corrected chi connectivity index (χ0v) is 16.3. The molecule has 8 nitrogen and oxygen atoms in total. The average Bonchev–Trinajstić information content (AvgIpc) is 3.34. The van der Waals surface area contributed by atoms with E-state index in [4.69, 9.17) is 0 Å². The molecule has 9 heteroatoms. The van der Waals surface area contributed by atoms with Crippen molar-refractivity contribution in [3.8, 4) is 5.69 Å². The lowest BCUT2D eigenvalue weighted by Gasteiger charge is -2.09. The monoisotopic (exact) mass is 400 g/mol. The van der Waals surface area contributed by atoms with Gasteiger partial charge in [0.1, 0.15) is 16.4 Å². The lowest BCUT2D eigenvalue weighted by molar-refractivity contribution is 0.0590. The maximum Gasteiger partial charge on any atom is 0.354 e. The van der Waals surface area contributed by atoms with Gasteiger partial charge in [-0.1, -0.05) is 18.2 Å². The Morgan fingerprint density at radius 3 is 2.57 bits per heavy atom. The van der Waals surface area contributed by atoms with Crippen LogP contribution in [0.25, 0.3) is 5.69 Å². The van der Waals surface area contributed by atoms with Crippen LogP contribution < -0.4 is 4.72 Å². The number of nitrogens with one attached hydrogen (secondary N) is 1. The highest BCUT2D eigenvalue weighted by molar-refractivity contribution is 7.92. The molecule has 3 aromatic rings. The zero-order valence-electron chi connectivity index (χ0n) is 15.5. The number of benzene rings is 1. The number of methoxy groups -OCH3 is 1. The van der Waals surface area contributed by atoms with Gasteiger partial charge in [0.25, 0.3) is 10.0 Å². The zero-order chi connectivity index (χ0) is 19.9. The second kappa shape index (κ2) is 6.83. The van der Waals surface area contributed by atoms with Crippen LogP contribution in [0.2, 0.25) is 0 Å². The molecule has 0 aliphatic heterocycles. The van der Waals surface area contributed by atoms with Crippen molar-refractivity contribution < 1.29 is 17.9 Å². The number of para-hydroxylation sites is 1.